The summed E-state index contributed by atoms with van der Waals surface area (Å²) in [5.41, 5.74) is 0.810. The number of carbonyl (C=O) groups is 1. The van der Waals surface area contributed by atoms with E-state index in [1.165, 1.54) is 0 Å². The van der Waals surface area contributed by atoms with Crippen LogP contribution in [0.1, 0.15) is 27.0 Å². The molecular weight excluding hydrogens is 376 g/mol. The number of hydrogen-bond donors (Lipinski definition) is 0. The Hall–Kier alpha value is -2.48. The molecule has 0 bridgehead atoms. The maximum absolute atomic E-state index is 13.3. The summed E-state index contributed by atoms with van der Waals surface area (Å²) in [5, 5.41) is 2.49. The molecule has 0 spiro atoms. The van der Waals surface area contributed by atoms with Crippen LogP contribution < -0.4 is 5.43 Å². The Morgan fingerprint density at radius 1 is 1.04 bits per heavy atom. The fourth-order valence-electron chi connectivity index (χ4n) is 4.01. The Morgan fingerprint density at radius 3 is 2.64 bits per heavy atom. The van der Waals surface area contributed by atoms with E-state index in [1.54, 1.807) is 28.4 Å². The van der Waals surface area contributed by atoms with Gasteiger partial charge in [-0.25, -0.2) is 0 Å². The highest BCUT2D eigenvalue weighted by Gasteiger charge is 2.43. The van der Waals surface area contributed by atoms with E-state index in [1.807, 2.05) is 29.6 Å². The Kier molecular flexibility index (Phi) is 4.50. The van der Waals surface area contributed by atoms with Crippen molar-refractivity contribution in [3.63, 3.8) is 0 Å². The Labute approximate surface area is 165 Å². The molecule has 0 aliphatic carbocycles. The number of rotatable bonds is 4. The highest BCUT2D eigenvalue weighted by atomic mass is 32.1. The predicted molar refractivity (Wildman–Crippen MR) is 107 cm³/mol. The van der Waals surface area contributed by atoms with Gasteiger partial charge in [-0.3, -0.25) is 14.5 Å². The fraction of sp³-hybridized carbons (Fsp3) is 0.333. The second-order valence-electron chi connectivity index (χ2n) is 7.04. The third kappa shape index (κ3) is 2.87. The second kappa shape index (κ2) is 7.16. The van der Waals surface area contributed by atoms with E-state index in [2.05, 4.69) is 4.90 Å². The molecule has 5 rings (SSSR count). The van der Waals surface area contributed by atoms with Gasteiger partial charge in [0.05, 0.1) is 30.2 Å². The number of ether oxygens (including phenoxy) is 1. The SMILES string of the molecule is O=C1c2oc3ccccc3c(=O)c2[C@@H](c2cccs2)N1CCN1CCOCC1. The number of benzene rings is 1. The van der Waals surface area contributed by atoms with Crippen LogP contribution in [0.4, 0.5) is 0 Å². The minimum Gasteiger partial charge on any atom is -0.450 e. The predicted octanol–water partition coefficient (Wildman–Crippen LogP) is 2.73. The van der Waals surface area contributed by atoms with Gasteiger partial charge in [0.25, 0.3) is 5.91 Å². The van der Waals surface area contributed by atoms with Crippen molar-refractivity contribution >= 4 is 28.2 Å². The van der Waals surface area contributed by atoms with Gasteiger partial charge < -0.3 is 14.1 Å². The zero-order chi connectivity index (χ0) is 19.1. The van der Waals surface area contributed by atoms with Gasteiger partial charge in [-0.1, -0.05) is 18.2 Å². The summed E-state index contributed by atoms with van der Waals surface area (Å²) < 4.78 is 11.3. The first kappa shape index (κ1) is 17.6. The molecule has 144 valence electrons. The summed E-state index contributed by atoms with van der Waals surface area (Å²) in [4.78, 5) is 31.5. The molecule has 4 heterocycles. The van der Waals surface area contributed by atoms with Crippen molar-refractivity contribution in [2.24, 2.45) is 0 Å². The second-order valence-corrected chi connectivity index (χ2v) is 8.02. The normalized spacial score (nSPS) is 20.1. The first-order valence-corrected chi connectivity index (χ1v) is 10.3. The van der Waals surface area contributed by atoms with Crippen LogP contribution in [0.5, 0.6) is 0 Å². The van der Waals surface area contributed by atoms with Gasteiger partial charge in [-0.15, -0.1) is 11.3 Å². The van der Waals surface area contributed by atoms with Gasteiger partial charge in [-0.2, -0.15) is 0 Å². The molecule has 1 amide bonds. The van der Waals surface area contributed by atoms with Gasteiger partial charge in [0.15, 0.2) is 5.43 Å². The molecule has 0 radical (unpaired) electrons. The van der Waals surface area contributed by atoms with E-state index in [4.69, 9.17) is 9.15 Å². The van der Waals surface area contributed by atoms with Gasteiger partial charge in [0.2, 0.25) is 5.76 Å². The molecule has 1 atom stereocenters. The standard InChI is InChI=1S/C21H20N2O4S/c24-19-14-4-1-2-5-15(14)27-20-17(19)18(16-6-3-13-28-16)23(21(20)25)8-7-22-9-11-26-12-10-22/h1-6,13,18H,7-12H2/t18-/m1/s1. The van der Waals surface area contributed by atoms with Crippen LogP contribution in [0.3, 0.4) is 0 Å². The zero-order valence-corrected chi connectivity index (χ0v) is 16.1. The van der Waals surface area contributed by atoms with Gasteiger partial charge in [0.1, 0.15) is 5.58 Å². The number of para-hydroxylation sites is 1. The van der Waals surface area contributed by atoms with Crippen LogP contribution >= 0.6 is 11.3 Å². The average Bonchev–Trinajstić information content (AvgIpc) is 3.35. The number of carbonyl (C=O) groups excluding carboxylic acids is 1. The van der Waals surface area contributed by atoms with Crippen LogP contribution in [-0.2, 0) is 4.74 Å². The summed E-state index contributed by atoms with van der Waals surface area (Å²) in [7, 11) is 0. The third-order valence-electron chi connectivity index (χ3n) is 5.45. The highest BCUT2D eigenvalue weighted by Crippen LogP contribution is 2.39. The van der Waals surface area contributed by atoms with Gasteiger partial charge >= 0.3 is 0 Å². The summed E-state index contributed by atoms with van der Waals surface area (Å²) in [6.45, 7) is 4.45. The Bertz CT molecular complexity index is 1070. The van der Waals surface area contributed by atoms with Crippen LogP contribution in [0.2, 0.25) is 0 Å². The zero-order valence-electron chi connectivity index (χ0n) is 15.3. The highest BCUT2D eigenvalue weighted by molar-refractivity contribution is 7.10. The van der Waals surface area contributed by atoms with Crippen molar-refractivity contribution in [2.75, 3.05) is 39.4 Å². The molecule has 28 heavy (non-hydrogen) atoms. The van der Waals surface area contributed by atoms with Crippen molar-refractivity contribution in [3.8, 4) is 0 Å². The molecule has 0 unspecified atom stereocenters. The number of thiophene rings is 1. The summed E-state index contributed by atoms with van der Waals surface area (Å²) >= 11 is 1.56. The largest absolute Gasteiger partial charge is 0.450 e. The average molecular weight is 396 g/mol. The molecule has 1 saturated heterocycles. The monoisotopic (exact) mass is 396 g/mol. The Balaban J connectivity index is 1.57. The molecule has 2 aliphatic rings. The topological polar surface area (TPSA) is 63.0 Å². The van der Waals surface area contributed by atoms with Crippen LogP contribution in [-0.4, -0.2) is 55.1 Å². The minimum absolute atomic E-state index is 0.113. The summed E-state index contributed by atoms with van der Waals surface area (Å²) in [5.74, 6) is -0.0198. The molecule has 0 N–H and O–H groups in total. The molecule has 3 aromatic rings. The van der Waals surface area contributed by atoms with Crippen molar-refractivity contribution in [2.45, 2.75) is 6.04 Å². The molecule has 7 heteroatoms. The minimum atomic E-state index is -0.385. The van der Waals surface area contributed by atoms with E-state index in [0.717, 1.165) is 24.5 Å². The molecule has 1 aromatic carbocycles. The van der Waals surface area contributed by atoms with Crippen LogP contribution in [0.25, 0.3) is 11.0 Å². The number of fused-ring (bicyclic) bond motifs is 2. The quantitative estimate of drug-likeness (QED) is 0.679. The van der Waals surface area contributed by atoms with Gasteiger partial charge in [-0.05, 0) is 23.6 Å². The number of nitrogens with zero attached hydrogens (tertiary/aromatic N) is 2. The lowest BCUT2D eigenvalue weighted by Crippen LogP contribution is -2.42. The van der Waals surface area contributed by atoms with Crippen molar-refractivity contribution in [1.82, 2.24) is 9.80 Å². The summed E-state index contributed by atoms with van der Waals surface area (Å²) in [6.07, 6.45) is 0. The molecular formula is C21H20N2O4S. The molecule has 2 aliphatic heterocycles. The summed E-state index contributed by atoms with van der Waals surface area (Å²) in [6, 6.07) is 10.7. The molecule has 0 saturated carbocycles. The van der Waals surface area contributed by atoms with Crippen molar-refractivity contribution in [1.29, 1.82) is 0 Å². The fourth-order valence-corrected chi connectivity index (χ4v) is 4.86. The van der Waals surface area contributed by atoms with E-state index in [9.17, 15) is 9.59 Å². The molecule has 2 aromatic heterocycles. The number of morpholine rings is 1. The van der Waals surface area contributed by atoms with Gasteiger partial charge in [0, 0.05) is 31.1 Å². The molecule has 6 nitrogen and oxygen atoms in total. The van der Waals surface area contributed by atoms with E-state index >= 15 is 0 Å². The smallest absolute Gasteiger partial charge is 0.290 e. The van der Waals surface area contributed by atoms with E-state index in [-0.39, 0.29) is 23.1 Å². The van der Waals surface area contributed by atoms with Crippen molar-refractivity contribution in [3.05, 3.63) is 68.2 Å². The maximum atomic E-state index is 13.3. The van der Waals surface area contributed by atoms with Crippen LogP contribution in [0, 0.1) is 0 Å². The first-order chi connectivity index (χ1) is 13.7. The Morgan fingerprint density at radius 2 is 1.86 bits per heavy atom. The first-order valence-electron chi connectivity index (χ1n) is 9.44. The van der Waals surface area contributed by atoms with E-state index in [0.29, 0.717) is 36.3 Å². The van der Waals surface area contributed by atoms with Crippen molar-refractivity contribution < 1.29 is 13.9 Å². The maximum Gasteiger partial charge on any atom is 0.290 e. The third-order valence-corrected chi connectivity index (χ3v) is 6.37. The van der Waals surface area contributed by atoms with E-state index < -0.39 is 0 Å². The van der Waals surface area contributed by atoms with Crippen LogP contribution in [0.15, 0.2) is 51.0 Å². The lowest BCUT2D eigenvalue weighted by Gasteiger charge is -2.30. The lowest BCUT2D eigenvalue weighted by molar-refractivity contribution is 0.0315. The number of hydrogen-bond acceptors (Lipinski definition) is 6. The lowest BCUT2D eigenvalue weighted by atomic mass is 10.0. The number of amides is 1. The molecule has 1 fully saturated rings.